The van der Waals surface area contributed by atoms with Crippen LogP contribution >= 0.6 is 0 Å². The molecule has 4 aliphatic carbocycles. The van der Waals surface area contributed by atoms with Crippen molar-refractivity contribution in [2.45, 2.75) is 156 Å². The second-order valence-electron chi connectivity index (χ2n) is 17.9. The fourth-order valence-corrected chi connectivity index (χ4v) is 12.6. The molecule has 6 rings (SSSR count). The van der Waals surface area contributed by atoms with Crippen LogP contribution in [0, 0.1) is 51.2 Å². The summed E-state index contributed by atoms with van der Waals surface area (Å²) in [6, 6.07) is 0. The Balaban J connectivity index is 1.24. The highest BCUT2D eigenvalue weighted by Gasteiger charge is 2.72. The van der Waals surface area contributed by atoms with Crippen LogP contribution < -0.4 is 5.32 Å². The van der Waals surface area contributed by atoms with Crippen LogP contribution in [0.4, 0.5) is 0 Å². The van der Waals surface area contributed by atoms with E-state index < -0.39 is 5.60 Å². The summed E-state index contributed by atoms with van der Waals surface area (Å²) in [5, 5.41) is 26.2. The molecule has 0 aromatic rings. The van der Waals surface area contributed by atoms with Crippen molar-refractivity contribution in [3.63, 3.8) is 0 Å². The molecular weight excluding hydrogens is 526 g/mol. The molecule has 0 amide bonds. The molecule has 6 fully saturated rings. The third kappa shape index (κ3) is 4.49. The highest BCUT2D eigenvalue weighted by molar-refractivity contribution is 5.72. The molecule has 4 saturated carbocycles. The molecule has 3 unspecified atom stereocenters. The van der Waals surface area contributed by atoms with Crippen molar-refractivity contribution in [2.75, 3.05) is 13.1 Å². The first kappa shape index (κ1) is 31.3. The van der Waals surface area contributed by atoms with Crippen LogP contribution in [-0.2, 0) is 14.3 Å². The Morgan fingerprint density at radius 3 is 2.17 bits per heavy atom. The number of aliphatic hydroxyl groups is 2. The monoisotopic (exact) mass is 587 g/mol. The Morgan fingerprint density at radius 2 is 1.52 bits per heavy atom. The van der Waals surface area contributed by atoms with Gasteiger partial charge in [0.15, 0.2) is 0 Å². The van der Waals surface area contributed by atoms with E-state index in [4.69, 9.17) is 9.47 Å². The lowest BCUT2D eigenvalue weighted by Crippen LogP contribution is -2.66. The van der Waals surface area contributed by atoms with E-state index in [1.54, 1.807) is 0 Å². The van der Waals surface area contributed by atoms with Crippen LogP contribution in [0.3, 0.4) is 0 Å². The molecule has 0 bridgehead atoms. The van der Waals surface area contributed by atoms with Gasteiger partial charge < -0.3 is 25.0 Å². The van der Waals surface area contributed by atoms with Crippen LogP contribution in [0.15, 0.2) is 0 Å². The van der Waals surface area contributed by atoms with Crippen molar-refractivity contribution < 1.29 is 24.5 Å². The third-order valence-corrected chi connectivity index (χ3v) is 15.1. The molecule has 0 radical (unpaired) electrons. The number of fused-ring (bicyclic) bond motifs is 5. The smallest absolute Gasteiger partial charge is 0.309 e. The molecule has 6 nitrogen and oxygen atoms in total. The second-order valence-corrected chi connectivity index (χ2v) is 17.9. The number of nitrogens with one attached hydrogen (secondary N) is 1. The van der Waals surface area contributed by atoms with Gasteiger partial charge >= 0.3 is 5.97 Å². The number of piperidine rings is 1. The van der Waals surface area contributed by atoms with E-state index in [-0.39, 0.29) is 63.4 Å². The molecule has 2 heterocycles. The van der Waals surface area contributed by atoms with E-state index in [9.17, 15) is 15.0 Å². The summed E-state index contributed by atoms with van der Waals surface area (Å²) in [6.07, 6.45) is 10.5. The van der Waals surface area contributed by atoms with Crippen molar-refractivity contribution >= 4 is 5.97 Å². The van der Waals surface area contributed by atoms with Gasteiger partial charge in [0.2, 0.25) is 0 Å². The quantitative estimate of drug-likeness (QED) is 0.337. The molecule has 0 spiro atoms. The molecule has 2 saturated heterocycles. The minimum atomic E-state index is -0.845. The van der Waals surface area contributed by atoms with Crippen molar-refractivity contribution in [2.24, 2.45) is 51.2 Å². The van der Waals surface area contributed by atoms with Gasteiger partial charge in [-0.05, 0) is 144 Å². The summed E-state index contributed by atoms with van der Waals surface area (Å²) >= 11 is 0. The van der Waals surface area contributed by atoms with Crippen LogP contribution in [0.5, 0.6) is 0 Å². The summed E-state index contributed by atoms with van der Waals surface area (Å²) < 4.78 is 13.1. The summed E-state index contributed by atoms with van der Waals surface area (Å²) in [6.45, 7) is 20.2. The summed E-state index contributed by atoms with van der Waals surface area (Å²) in [7, 11) is 0. The number of esters is 1. The fourth-order valence-electron chi connectivity index (χ4n) is 12.6. The van der Waals surface area contributed by atoms with Crippen molar-refractivity contribution in [1.82, 2.24) is 5.32 Å². The lowest BCUT2D eigenvalue weighted by Gasteiger charge is -2.70. The molecule has 0 aromatic heterocycles. The SMILES string of the molecule is CC(C)(O)[C@@H]1CC[C@@](C)([C@H]2CC[C@]3(C)C2[C@H](O)CC2[C@@]4(C)CC[C@H](OC(=O)C5CCNCC5)C(C)(C)C4CC[C@]23C)O1. The summed E-state index contributed by atoms with van der Waals surface area (Å²) in [5.74, 6) is 1.51. The minimum Gasteiger partial charge on any atom is -0.462 e. The van der Waals surface area contributed by atoms with E-state index in [0.29, 0.717) is 17.8 Å². The first-order valence-electron chi connectivity index (χ1n) is 17.5. The maximum atomic E-state index is 13.2. The van der Waals surface area contributed by atoms with E-state index in [1.165, 1.54) is 6.42 Å². The lowest BCUT2D eigenvalue weighted by atomic mass is 9.35. The van der Waals surface area contributed by atoms with Gasteiger partial charge in [0.1, 0.15) is 6.10 Å². The van der Waals surface area contributed by atoms with E-state index >= 15 is 0 Å². The molecule has 42 heavy (non-hydrogen) atoms. The average Bonchev–Trinajstić information content (AvgIpc) is 3.51. The number of hydrogen-bond acceptors (Lipinski definition) is 6. The van der Waals surface area contributed by atoms with Gasteiger partial charge in [0.25, 0.3) is 0 Å². The highest BCUT2D eigenvalue weighted by Crippen LogP contribution is 2.76. The van der Waals surface area contributed by atoms with Crippen molar-refractivity contribution in [1.29, 1.82) is 0 Å². The molecular formula is C36H61NO5. The zero-order valence-electron chi connectivity index (χ0n) is 27.9. The predicted octanol–water partition coefficient (Wildman–Crippen LogP) is 6.26. The Bertz CT molecular complexity index is 1050. The van der Waals surface area contributed by atoms with Crippen LogP contribution in [-0.4, -0.2) is 58.8 Å². The molecule has 6 heteroatoms. The zero-order valence-corrected chi connectivity index (χ0v) is 27.9. The molecule has 240 valence electrons. The van der Waals surface area contributed by atoms with E-state index in [2.05, 4.69) is 46.9 Å². The average molecular weight is 588 g/mol. The van der Waals surface area contributed by atoms with Gasteiger partial charge in [-0.25, -0.2) is 0 Å². The van der Waals surface area contributed by atoms with E-state index in [1.807, 2.05) is 13.8 Å². The summed E-state index contributed by atoms with van der Waals surface area (Å²) in [5.41, 5.74) is -0.916. The van der Waals surface area contributed by atoms with Gasteiger partial charge in [0, 0.05) is 5.41 Å². The maximum absolute atomic E-state index is 13.2. The molecule has 6 aliphatic rings. The Morgan fingerprint density at radius 1 is 0.857 bits per heavy atom. The fraction of sp³-hybridized carbons (Fsp3) is 0.972. The molecule has 2 aliphatic heterocycles. The number of rotatable bonds is 4. The number of carbonyl (C=O) groups is 1. The van der Waals surface area contributed by atoms with E-state index in [0.717, 1.165) is 77.3 Å². The van der Waals surface area contributed by atoms with Gasteiger partial charge in [-0.1, -0.05) is 34.6 Å². The van der Waals surface area contributed by atoms with Gasteiger partial charge in [0.05, 0.1) is 29.3 Å². The Kier molecular flexibility index (Phi) is 7.57. The predicted molar refractivity (Wildman–Crippen MR) is 165 cm³/mol. The third-order valence-electron chi connectivity index (χ3n) is 15.1. The maximum Gasteiger partial charge on any atom is 0.309 e. The molecule has 3 N–H and O–H groups in total. The minimum absolute atomic E-state index is 0.0220. The summed E-state index contributed by atoms with van der Waals surface area (Å²) in [4.78, 5) is 13.2. The largest absolute Gasteiger partial charge is 0.462 e. The van der Waals surface area contributed by atoms with Gasteiger partial charge in [-0.15, -0.1) is 0 Å². The van der Waals surface area contributed by atoms with Crippen LogP contribution in [0.2, 0.25) is 0 Å². The number of hydrogen-bond donors (Lipinski definition) is 3. The highest BCUT2D eigenvalue weighted by atomic mass is 16.5. The lowest BCUT2D eigenvalue weighted by molar-refractivity contribution is -0.251. The molecule has 11 atom stereocenters. The normalized spacial score (nSPS) is 51.0. The molecule has 0 aromatic carbocycles. The van der Waals surface area contributed by atoms with Crippen LogP contribution in [0.1, 0.15) is 126 Å². The zero-order chi connectivity index (χ0) is 30.5. The Hall–Kier alpha value is -0.690. The number of ether oxygens (including phenoxy) is 2. The number of aliphatic hydroxyl groups excluding tert-OH is 1. The standard InChI is InChI=1S/C36H61NO5/c1-31(2)25-10-17-34(6)26(33(25,5)15-11-27(31)41-30(39)22-13-19-37-20-14-22)21-24(38)29-23(9-16-35(29,34)7)36(8)18-12-28(42-36)32(3,4)40/h22-29,37-38,40H,9-21H2,1-8H3/t23-,24+,25?,26?,27-,28-,29?,33-,34+,35+,36-/m0/s1. The topological polar surface area (TPSA) is 88.0 Å². The first-order chi connectivity index (χ1) is 19.5. The first-order valence-corrected chi connectivity index (χ1v) is 17.5. The second kappa shape index (κ2) is 10.2. The van der Waals surface area contributed by atoms with Crippen molar-refractivity contribution in [3.8, 4) is 0 Å². The van der Waals surface area contributed by atoms with Gasteiger partial charge in [-0.3, -0.25) is 4.79 Å². The Labute approximate surface area is 255 Å². The van der Waals surface area contributed by atoms with Crippen molar-refractivity contribution in [3.05, 3.63) is 0 Å². The number of carbonyl (C=O) groups excluding carboxylic acids is 1. The van der Waals surface area contributed by atoms with Gasteiger partial charge in [-0.2, -0.15) is 0 Å². The van der Waals surface area contributed by atoms with Crippen LogP contribution in [0.25, 0.3) is 0 Å².